The summed E-state index contributed by atoms with van der Waals surface area (Å²) >= 11 is 0. The molecule has 2 aromatic carbocycles. The van der Waals surface area contributed by atoms with Crippen LogP contribution in [0.25, 0.3) is 0 Å². The predicted molar refractivity (Wildman–Crippen MR) is 98.6 cm³/mol. The van der Waals surface area contributed by atoms with E-state index in [4.69, 9.17) is 15.5 Å². The van der Waals surface area contributed by atoms with Crippen LogP contribution in [0, 0.1) is 0 Å². The molecule has 0 amide bonds. The van der Waals surface area contributed by atoms with Crippen molar-refractivity contribution < 1.29 is 13.5 Å². The molecule has 6 heteroatoms. The molecule has 1 heterocycles. The summed E-state index contributed by atoms with van der Waals surface area (Å²) in [7, 11) is 1.89. The Labute approximate surface area is 152 Å². The first-order valence-corrected chi connectivity index (χ1v) is 8.54. The van der Waals surface area contributed by atoms with Gasteiger partial charge in [-0.2, -0.15) is 8.78 Å². The summed E-state index contributed by atoms with van der Waals surface area (Å²) in [6.07, 6.45) is 0. The Hall–Kier alpha value is -2.63. The lowest BCUT2D eigenvalue weighted by atomic mass is 9.82. The monoisotopic (exact) mass is 359 g/mol. The number of nitrogens with two attached hydrogens (primary N) is 1. The smallest absolute Gasteiger partial charge is 0.387 e. The summed E-state index contributed by atoms with van der Waals surface area (Å²) in [6.45, 7) is 1.62. The quantitative estimate of drug-likeness (QED) is 0.880. The first kappa shape index (κ1) is 18.2. The number of rotatable bonds is 5. The van der Waals surface area contributed by atoms with Gasteiger partial charge in [0, 0.05) is 7.05 Å². The van der Waals surface area contributed by atoms with Crippen molar-refractivity contribution >= 4 is 5.96 Å². The van der Waals surface area contributed by atoms with Gasteiger partial charge in [-0.1, -0.05) is 50.2 Å². The van der Waals surface area contributed by atoms with Crippen molar-refractivity contribution in [2.45, 2.75) is 31.9 Å². The van der Waals surface area contributed by atoms with E-state index in [-0.39, 0.29) is 11.7 Å². The van der Waals surface area contributed by atoms with E-state index in [1.807, 2.05) is 62.2 Å². The second-order valence-electron chi connectivity index (χ2n) is 6.84. The summed E-state index contributed by atoms with van der Waals surface area (Å²) in [6, 6.07) is 15.2. The normalized spacial score (nSPS) is 20.0. The summed E-state index contributed by atoms with van der Waals surface area (Å²) in [5, 5.41) is 0. The third-order valence-electron chi connectivity index (χ3n) is 4.74. The number of ether oxygens (including phenoxy) is 1. The minimum absolute atomic E-state index is 0.0250. The molecule has 0 unspecified atom stereocenters. The fraction of sp³-hybridized carbons (Fsp3) is 0.350. The second kappa shape index (κ2) is 6.94. The molecule has 26 heavy (non-hydrogen) atoms. The minimum atomic E-state index is -2.85. The number of benzene rings is 2. The summed E-state index contributed by atoms with van der Waals surface area (Å²) in [4.78, 5) is 6.66. The maximum Gasteiger partial charge on any atom is 0.387 e. The highest BCUT2D eigenvalue weighted by Gasteiger charge is 2.41. The zero-order valence-corrected chi connectivity index (χ0v) is 15.1. The molecule has 2 N–H and O–H groups in total. The average Bonchev–Trinajstić information content (AvgIpc) is 2.91. The van der Waals surface area contributed by atoms with Crippen molar-refractivity contribution in [3.8, 4) is 5.75 Å². The van der Waals surface area contributed by atoms with Crippen molar-refractivity contribution in [3.63, 3.8) is 0 Å². The van der Waals surface area contributed by atoms with Gasteiger partial charge in [-0.3, -0.25) is 0 Å². The lowest BCUT2D eigenvalue weighted by molar-refractivity contribution is -0.0505. The van der Waals surface area contributed by atoms with E-state index in [1.54, 1.807) is 12.1 Å². The highest BCUT2D eigenvalue weighted by molar-refractivity contribution is 5.81. The number of guanidine groups is 1. The Morgan fingerprint density at radius 2 is 1.81 bits per heavy atom. The lowest BCUT2D eigenvalue weighted by Crippen LogP contribution is -2.34. The second-order valence-corrected chi connectivity index (χ2v) is 6.84. The van der Waals surface area contributed by atoms with Crippen molar-refractivity contribution in [3.05, 3.63) is 65.2 Å². The molecular weight excluding hydrogens is 336 g/mol. The van der Waals surface area contributed by atoms with Crippen molar-refractivity contribution in [2.24, 2.45) is 10.7 Å². The molecule has 3 rings (SSSR count). The number of aliphatic imine (C=N–C) groups is 1. The molecule has 0 saturated heterocycles. The number of likely N-dealkylation sites (N-methyl/N-ethyl adjacent to an activating group) is 1. The first-order valence-electron chi connectivity index (χ1n) is 8.54. The van der Waals surface area contributed by atoms with Crippen molar-refractivity contribution in [1.82, 2.24) is 4.90 Å². The van der Waals surface area contributed by atoms with Crippen LogP contribution in [0.1, 0.15) is 36.5 Å². The van der Waals surface area contributed by atoms with Gasteiger partial charge >= 0.3 is 6.61 Å². The number of alkyl halides is 2. The van der Waals surface area contributed by atoms with Gasteiger partial charge in [-0.05, 0) is 34.7 Å². The average molecular weight is 359 g/mol. The van der Waals surface area contributed by atoms with E-state index in [1.165, 1.54) is 0 Å². The van der Waals surface area contributed by atoms with Gasteiger partial charge in [0.25, 0.3) is 0 Å². The largest absolute Gasteiger partial charge is 0.435 e. The van der Waals surface area contributed by atoms with Crippen LogP contribution in [0.2, 0.25) is 0 Å². The van der Waals surface area contributed by atoms with Gasteiger partial charge in [-0.25, -0.2) is 4.99 Å². The summed E-state index contributed by atoms with van der Waals surface area (Å²) < 4.78 is 30.2. The zero-order chi connectivity index (χ0) is 18.9. The molecule has 138 valence electrons. The molecule has 0 saturated carbocycles. The first-order chi connectivity index (χ1) is 12.3. The maximum absolute atomic E-state index is 12.7. The zero-order valence-electron chi connectivity index (χ0n) is 15.1. The molecule has 1 aliphatic rings. The third-order valence-corrected chi connectivity index (χ3v) is 4.74. The Morgan fingerprint density at radius 3 is 2.35 bits per heavy atom. The van der Waals surface area contributed by atoms with E-state index in [9.17, 15) is 8.78 Å². The molecule has 0 spiro atoms. The van der Waals surface area contributed by atoms with E-state index in [0.29, 0.717) is 12.5 Å². The predicted octanol–water partition coefficient (Wildman–Crippen LogP) is 3.92. The summed E-state index contributed by atoms with van der Waals surface area (Å²) in [5.74, 6) is 0.676. The van der Waals surface area contributed by atoms with Crippen LogP contribution < -0.4 is 10.5 Å². The number of nitrogens with zero attached hydrogens (tertiary/aromatic N) is 2. The molecular formula is C20H23F2N3O. The van der Waals surface area contributed by atoms with E-state index in [2.05, 4.69) is 0 Å². The molecule has 2 aromatic rings. The topological polar surface area (TPSA) is 50.8 Å². The minimum Gasteiger partial charge on any atom is -0.435 e. The molecule has 0 bridgehead atoms. The Morgan fingerprint density at radius 1 is 1.12 bits per heavy atom. The fourth-order valence-corrected chi connectivity index (χ4v) is 3.39. The van der Waals surface area contributed by atoms with Crippen LogP contribution in [0.5, 0.6) is 5.75 Å². The van der Waals surface area contributed by atoms with Crippen molar-refractivity contribution in [2.75, 3.05) is 13.6 Å². The molecule has 0 aliphatic carbocycles. The van der Waals surface area contributed by atoms with Gasteiger partial charge < -0.3 is 15.4 Å². The number of hydrogen-bond acceptors (Lipinski definition) is 4. The van der Waals surface area contributed by atoms with E-state index in [0.717, 1.165) is 16.7 Å². The maximum atomic E-state index is 12.7. The highest BCUT2D eigenvalue weighted by Crippen LogP contribution is 2.41. The Balaban J connectivity index is 2.16. The Bertz CT molecular complexity index is 808. The van der Waals surface area contributed by atoms with Crippen LogP contribution in [0.3, 0.4) is 0 Å². The van der Waals surface area contributed by atoms with E-state index < -0.39 is 12.2 Å². The van der Waals surface area contributed by atoms with Gasteiger partial charge in [0.2, 0.25) is 0 Å². The molecule has 0 aromatic heterocycles. The molecule has 0 radical (unpaired) electrons. The SMILES string of the molecule is CC(C)c1cc([C@@]2(c3ccccc3)CN(C)C(N)=N2)ccc1OC(F)F. The molecule has 1 aliphatic heterocycles. The van der Waals surface area contributed by atoms with Crippen LogP contribution in [-0.4, -0.2) is 31.1 Å². The fourth-order valence-electron chi connectivity index (χ4n) is 3.39. The van der Waals surface area contributed by atoms with Crippen molar-refractivity contribution in [1.29, 1.82) is 0 Å². The Kier molecular flexibility index (Phi) is 4.85. The third kappa shape index (κ3) is 3.23. The van der Waals surface area contributed by atoms with Crippen LogP contribution in [0.4, 0.5) is 8.78 Å². The lowest BCUT2D eigenvalue weighted by Gasteiger charge is -2.29. The molecule has 4 nitrogen and oxygen atoms in total. The standard InChI is InChI=1S/C20H23F2N3O/c1-13(2)16-11-15(9-10-17(16)26-18(21)22)20(12-25(3)19(23)24-20)14-7-5-4-6-8-14/h4-11,13,18H,12H2,1-3H3,(H2,23,24)/t20-/m0/s1. The number of hydrogen-bond donors (Lipinski definition) is 1. The van der Waals surface area contributed by atoms with Crippen LogP contribution in [-0.2, 0) is 5.54 Å². The van der Waals surface area contributed by atoms with Gasteiger partial charge in [0.1, 0.15) is 11.3 Å². The molecule has 1 atom stereocenters. The van der Waals surface area contributed by atoms with E-state index >= 15 is 0 Å². The number of halogens is 2. The van der Waals surface area contributed by atoms with Gasteiger partial charge in [-0.15, -0.1) is 0 Å². The van der Waals surface area contributed by atoms with Gasteiger partial charge in [0.15, 0.2) is 5.96 Å². The van der Waals surface area contributed by atoms with Crippen LogP contribution >= 0.6 is 0 Å². The highest BCUT2D eigenvalue weighted by atomic mass is 19.3. The summed E-state index contributed by atoms with van der Waals surface area (Å²) in [5.41, 5.74) is 8.03. The van der Waals surface area contributed by atoms with Gasteiger partial charge in [0.05, 0.1) is 6.54 Å². The molecule has 0 fully saturated rings. The van der Waals surface area contributed by atoms with Crippen LogP contribution in [0.15, 0.2) is 53.5 Å².